The Balaban J connectivity index is 0.000000233. The van der Waals surface area contributed by atoms with Crippen molar-refractivity contribution in [2.75, 3.05) is 0 Å². The summed E-state index contributed by atoms with van der Waals surface area (Å²) < 4.78 is 2.40. The van der Waals surface area contributed by atoms with Crippen molar-refractivity contribution in [2.45, 2.75) is 20.8 Å². The van der Waals surface area contributed by atoms with Gasteiger partial charge in [-0.2, -0.15) is 0 Å². The standard InChI is InChI=1S/C36H27N.C13H12/c1-24-9-3-6-12-31(24)32-19-16-28(21-25(32)2)29-17-20-36-34(23-29)33-13-7-8-14-35(33)37(36)30-18-15-26-10-4-5-11-27(26)22-30;1-11-6-5-9-13(10-11)12-7-3-2-4-8-12/h3-23H,1-2H3;2-10H,1H3. The molecule has 0 fully saturated rings. The number of hydrogen-bond donors (Lipinski definition) is 0. The van der Waals surface area contributed by atoms with Crippen molar-refractivity contribution >= 4 is 32.6 Å². The average Bonchev–Trinajstić information content (AvgIpc) is 3.49. The van der Waals surface area contributed by atoms with E-state index in [-0.39, 0.29) is 0 Å². The topological polar surface area (TPSA) is 4.93 Å². The van der Waals surface area contributed by atoms with Gasteiger partial charge in [0.2, 0.25) is 0 Å². The highest BCUT2D eigenvalue weighted by molar-refractivity contribution is 6.10. The van der Waals surface area contributed by atoms with Crippen LogP contribution in [0.2, 0.25) is 0 Å². The first-order chi connectivity index (χ1) is 24.5. The van der Waals surface area contributed by atoms with Crippen LogP contribution >= 0.6 is 0 Å². The van der Waals surface area contributed by atoms with Crippen LogP contribution in [0.3, 0.4) is 0 Å². The Morgan fingerprint density at radius 2 is 0.980 bits per heavy atom. The molecule has 0 bridgehead atoms. The van der Waals surface area contributed by atoms with E-state index in [1.165, 1.54) is 88.3 Å². The Bertz CT molecular complexity index is 2620. The van der Waals surface area contributed by atoms with Crippen LogP contribution in [-0.2, 0) is 0 Å². The summed E-state index contributed by atoms with van der Waals surface area (Å²) >= 11 is 0. The molecule has 0 saturated heterocycles. The summed E-state index contributed by atoms with van der Waals surface area (Å²) in [7, 11) is 0. The first kappa shape index (κ1) is 31.1. The van der Waals surface area contributed by atoms with Gasteiger partial charge in [0.15, 0.2) is 0 Å². The average molecular weight is 642 g/mol. The first-order valence-electron chi connectivity index (χ1n) is 17.3. The summed E-state index contributed by atoms with van der Waals surface area (Å²) in [5.41, 5.74) is 15.2. The normalized spacial score (nSPS) is 11.1. The van der Waals surface area contributed by atoms with Crippen LogP contribution in [0.5, 0.6) is 0 Å². The second kappa shape index (κ2) is 13.4. The van der Waals surface area contributed by atoms with Gasteiger partial charge in [-0.25, -0.2) is 0 Å². The lowest BCUT2D eigenvalue weighted by Crippen LogP contribution is -1.93. The molecule has 0 aliphatic heterocycles. The summed E-state index contributed by atoms with van der Waals surface area (Å²) in [5, 5.41) is 5.08. The van der Waals surface area contributed by atoms with Gasteiger partial charge in [0.05, 0.1) is 11.0 Å². The minimum Gasteiger partial charge on any atom is -0.309 e. The van der Waals surface area contributed by atoms with Gasteiger partial charge in [-0.1, -0.05) is 157 Å². The minimum atomic E-state index is 1.19. The second-order valence-electron chi connectivity index (χ2n) is 13.2. The highest BCUT2D eigenvalue weighted by Gasteiger charge is 2.14. The van der Waals surface area contributed by atoms with Crippen LogP contribution in [0, 0.1) is 20.8 Å². The number of benzene rings is 8. The number of rotatable bonds is 4. The van der Waals surface area contributed by atoms with Crippen LogP contribution < -0.4 is 0 Å². The van der Waals surface area contributed by atoms with Crippen molar-refractivity contribution in [1.82, 2.24) is 4.57 Å². The maximum atomic E-state index is 2.40. The molecular formula is C49H39N. The predicted molar refractivity (Wildman–Crippen MR) is 215 cm³/mol. The van der Waals surface area contributed by atoms with Crippen molar-refractivity contribution in [2.24, 2.45) is 0 Å². The quantitative estimate of drug-likeness (QED) is 0.180. The lowest BCUT2D eigenvalue weighted by molar-refractivity contribution is 1.19. The summed E-state index contributed by atoms with van der Waals surface area (Å²) in [6, 6.07) is 65.4. The van der Waals surface area contributed by atoms with Crippen molar-refractivity contribution in [3.05, 3.63) is 199 Å². The molecule has 0 atom stereocenters. The lowest BCUT2D eigenvalue weighted by Gasteiger charge is -2.12. The Labute approximate surface area is 294 Å². The largest absolute Gasteiger partial charge is 0.309 e. The van der Waals surface area contributed by atoms with Gasteiger partial charge in [-0.15, -0.1) is 0 Å². The van der Waals surface area contributed by atoms with Crippen LogP contribution in [-0.4, -0.2) is 4.57 Å². The van der Waals surface area contributed by atoms with Crippen LogP contribution in [0.15, 0.2) is 182 Å². The number of fused-ring (bicyclic) bond motifs is 4. The van der Waals surface area contributed by atoms with Crippen molar-refractivity contribution < 1.29 is 0 Å². The molecule has 9 aromatic rings. The van der Waals surface area contributed by atoms with E-state index in [1.807, 2.05) is 6.07 Å². The van der Waals surface area contributed by atoms with Crippen molar-refractivity contribution in [3.8, 4) is 39.1 Å². The molecule has 50 heavy (non-hydrogen) atoms. The predicted octanol–water partition coefficient (Wildman–Crippen LogP) is 13.5. The summed E-state index contributed by atoms with van der Waals surface area (Å²) in [4.78, 5) is 0. The van der Waals surface area contributed by atoms with E-state index in [2.05, 4.69) is 201 Å². The third kappa shape index (κ3) is 5.99. The summed E-state index contributed by atoms with van der Waals surface area (Å²) in [5.74, 6) is 0. The molecule has 0 radical (unpaired) electrons. The molecule has 1 nitrogen and oxygen atoms in total. The van der Waals surface area contributed by atoms with E-state index < -0.39 is 0 Å². The third-order valence-electron chi connectivity index (χ3n) is 9.78. The number of aryl methyl sites for hydroxylation is 3. The van der Waals surface area contributed by atoms with Crippen LogP contribution in [0.25, 0.3) is 71.6 Å². The number of aromatic nitrogens is 1. The lowest BCUT2D eigenvalue weighted by atomic mass is 9.93. The molecule has 0 saturated carbocycles. The Hall–Kier alpha value is -6.18. The number of nitrogens with zero attached hydrogens (tertiary/aromatic N) is 1. The maximum Gasteiger partial charge on any atom is 0.0541 e. The molecule has 0 N–H and O–H groups in total. The molecule has 1 aromatic heterocycles. The first-order valence-corrected chi connectivity index (χ1v) is 17.3. The smallest absolute Gasteiger partial charge is 0.0541 e. The molecule has 0 aliphatic rings. The van der Waals surface area contributed by atoms with Gasteiger partial charge in [-0.3, -0.25) is 0 Å². The van der Waals surface area contributed by atoms with E-state index in [4.69, 9.17) is 0 Å². The molecule has 8 aromatic carbocycles. The van der Waals surface area contributed by atoms with Crippen molar-refractivity contribution in [3.63, 3.8) is 0 Å². The minimum absolute atomic E-state index is 1.19. The molecule has 0 unspecified atom stereocenters. The van der Waals surface area contributed by atoms with E-state index in [0.717, 1.165) is 0 Å². The van der Waals surface area contributed by atoms with Gasteiger partial charge < -0.3 is 4.57 Å². The zero-order valence-electron chi connectivity index (χ0n) is 28.8. The molecule has 0 amide bonds. The molecule has 1 heteroatoms. The molecule has 9 rings (SSSR count). The van der Waals surface area contributed by atoms with E-state index >= 15 is 0 Å². The fourth-order valence-corrected chi connectivity index (χ4v) is 7.22. The molecule has 1 heterocycles. The fourth-order valence-electron chi connectivity index (χ4n) is 7.22. The Morgan fingerprint density at radius 3 is 1.80 bits per heavy atom. The van der Waals surface area contributed by atoms with E-state index in [9.17, 15) is 0 Å². The van der Waals surface area contributed by atoms with Crippen molar-refractivity contribution in [1.29, 1.82) is 0 Å². The van der Waals surface area contributed by atoms with Gasteiger partial charge >= 0.3 is 0 Å². The highest BCUT2D eigenvalue weighted by Crippen LogP contribution is 2.37. The molecule has 240 valence electrons. The Morgan fingerprint density at radius 1 is 0.340 bits per heavy atom. The molecule has 0 spiro atoms. The van der Waals surface area contributed by atoms with Gasteiger partial charge in [-0.05, 0) is 106 Å². The second-order valence-corrected chi connectivity index (χ2v) is 13.2. The maximum absolute atomic E-state index is 2.40. The molecule has 0 aliphatic carbocycles. The highest BCUT2D eigenvalue weighted by atomic mass is 15.0. The van der Waals surface area contributed by atoms with E-state index in [0.29, 0.717) is 0 Å². The van der Waals surface area contributed by atoms with Gasteiger partial charge in [0.1, 0.15) is 0 Å². The Kier molecular flexibility index (Phi) is 8.32. The van der Waals surface area contributed by atoms with Crippen LogP contribution in [0.1, 0.15) is 16.7 Å². The zero-order chi connectivity index (χ0) is 34.0. The number of hydrogen-bond acceptors (Lipinski definition) is 0. The molecular weight excluding hydrogens is 603 g/mol. The summed E-state index contributed by atoms with van der Waals surface area (Å²) in [6.07, 6.45) is 0. The number of para-hydroxylation sites is 1. The third-order valence-corrected chi connectivity index (χ3v) is 9.78. The fraction of sp³-hybridized carbons (Fsp3) is 0.0612. The zero-order valence-corrected chi connectivity index (χ0v) is 28.8. The van der Waals surface area contributed by atoms with Gasteiger partial charge in [0.25, 0.3) is 0 Å². The summed E-state index contributed by atoms with van der Waals surface area (Å²) in [6.45, 7) is 6.52. The monoisotopic (exact) mass is 641 g/mol. The van der Waals surface area contributed by atoms with E-state index in [1.54, 1.807) is 0 Å². The SMILES string of the molecule is Cc1cccc(-c2ccccc2)c1.Cc1ccccc1-c1ccc(-c2ccc3c(c2)c2ccccc2n3-c2ccc3ccccc3c2)cc1C. The van der Waals surface area contributed by atoms with Crippen LogP contribution in [0.4, 0.5) is 0 Å². The van der Waals surface area contributed by atoms with Gasteiger partial charge in [0, 0.05) is 16.5 Å².